The Hall–Kier alpha value is -0.610. The Bertz CT molecular complexity index is 176. The molecule has 4 heteroatoms. The lowest BCUT2D eigenvalue weighted by Gasteiger charge is -2.23. The molecule has 1 heterocycles. The summed E-state index contributed by atoms with van der Waals surface area (Å²) >= 11 is 0. The summed E-state index contributed by atoms with van der Waals surface area (Å²) in [7, 11) is 3.56. The largest absolute Gasteiger partial charge is 0.348 e. The van der Waals surface area contributed by atoms with Gasteiger partial charge in [0.15, 0.2) is 0 Å². The normalized spacial score (nSPS) is 22.0. The maximum absolute atomic E-state index is 11.2. The molecule has 1 unspecified atom stereocenters. The van der Waals surface area contributed by atoms with Crippen molar-refractivity contribution in [2.75, 3.05) is 33.7 Å². The first kappa shape index (κ1) is 11.5. The molecule has 1 rings (SSSR count). The highest BCUT2D eigenvalue weighted by atomic mass is 16.2. The van der Waals surface area contributed by atoms with Gasteiger partial charge in [0, 0.05) is 26.7 Å². The predicted molar refractivity (Wildman–Crippen MR) is 57.2 cm³/mol. The van der Waals surface area contributed by atoms with Crippen LogP contribution >= 0.6 is 0 Å². The molecule has 1 saturated heterocycles. The SMILES string of the molecule is CN(C)C(=O)CNCC1CCCCN1. The Kier molecular flexibility index (Phi) is 4.90. The van der Waals surface area contributed by atoms with Crippen LogP contribution in [-0.2, 0) is 4.79 Å². The number of carbonyl (C=O) groups excluding carboxylic acids is 1. The van der Waals surface area contributed by atoms with Crippen molar-refractivity contribution in [2.24, 2.45) is 0 Å². The molecule has 2 N–H and O–H groups in total. The van der Waals surface area contributed by atoms with Crippen LogP contribution in [0, 0.1) is 0 Å². The quantitative estimate of drug-likeness (QED) is 0.659. The monoisotopic (exact) mass is 199 g/mol. The van der Waals surface area contributed by atoms with Gasteiger partial charge in [-0.1, -0.05) is 6.42 Å². The molecule has 0 bridgehead atoms. The van der Waals surface area contributed by atoms with E-state index < -0.39 is 0 Å². The smallest absolute Gasteiger partial charge is 0.236 e. The lowest BCUT2D eigenvalue weighted by atomic mass is 10.1. The Morgan fingerprint density at radius 1 is 1.50 bits per heavy atom. The lowest BCUT2D eigenvalue weighted by Crippen LogP contribution is -2.44. The van der Waals surface area contributed by atoms with Crippen LogP contribution in [0.25, 0.3) is 0 Å². The standard InChI is InChI=1S/C10H21N3O/c1-13(2)10(14)8-11-7-9-5-3-4-6-12-9/h9,11-12H,3-8H2,1-2H3. The van der Waals surface area contributed by atoms with Gasteiger partial charge in [-0.25, -0.2) is 0 Å². The van der Waals surface area contributed by atoms with Gasteiger partial charge < -0.3 is 15.5 Å². The highest BCUT2D eigenvalue weighted by Gasteiger charge is 2.12. The van der Waals surface area contributed by atoms with Crippen LogP contribution in [0.3, 0.4) is 0 Å². The van der Waals surface area contributed by atoms with Gasteiger partial charge in [0.1, 0.15) is 0 Å². The topological polar surface area (TPSA) is 44.4 Å². The van der Waals surface area contributed by atoms with E-state index in [1.807, 2.05) is 0 Å². The first-order chi connectivity index (χ1) is 6.70. The number of nitrogens with one attached hydrogen (secondary N) is 2. The second kappa shape index (κ2) is 5.98. The van der Waals surface area contributed by atoms with Crippen molar-refractivity contribution in [2.45, 2.75) is 25.3 Å². The molecule has 0 aromatic rings. The van der Waals surface area contributed by atoms with E-state index >= 15 is 0 Å². The zero-order valence-electron chi connectivity index (χ0n) is 9.18. The zero-order valence-corrected chi connectivity index (χ0v) is 9.18. The Morgan fingerprint density at radius 2 is 2.29 bits per heavy atom. The van der Waals surface area contributed by atoms with Crippen molar-refractivity contribution in [1.29, 1.82) is 0 Å². The van der Waals surface area contributed by atoms with Gasteiger partial charge in [-0.3, -0.25) is 4.79 Å². The van der Waals surface area contributed by atoms with E-state index in [1.54, 1.807) is 19.0 Å². The summed E-state index contributed by atoms with van der Waals surface area (Å²) < 4.78 is 0. The van der Waals surface area contributed by atoms with Gasteiger partial charge in [0.2, 0.25) is 5.91 Å². The fourth-order valence-electron chi connectivity index (χ4n) is 1.61. The van der Waals surface area contributed by atoms with Crippen molar-refractivity contribution in [3.05, 3.63) is 0 Å². The molecule has 0 aromatic carbocycles. The highest BCUT2D eigenvalue weighted by molar-refractivity contribution is 5.77. The van der Waals surface area contributed by atoms with Crippen LogP contribution in [0.4, 0.5) is 0 Å². The number of carbonyl (C=O) groups is 1. The number of likely N-dealkylation sites (N-methyl/N-ethyl adjacent to an activating group) is 1. The molecule has 0 spiro atoms. The van der Waals surface area contributed by atoms with E-state index in [-0.39, 0.29) is 5.91 Å². The van der Waals surface area contributed by atoms with Crippen molar-refractivity contribution in [1.82, 2.24) is 15.5 Å². The Balaban J connectivity index is 2.05. The number of piperidine rings is 1. The molecule has 0 radical (unpaired) electrons. The van der Waals surface area contributed by atoms with Crippen LogP contribution in [0.1, 0.15) is 19.3 Å². The molecule has 4 nitrogen and oxygen atoms in total. The fraction of sp³-hybridized carbons (Fsp3) is 0.900. The predicted octanol–water partition coefficient (Wildman–Crippen LogP) is -0.194. The molecule has 1 amide bonds. The summed E-state index contributed by atoms with van der Waals surface area (Å²) in [6.07, 6.45) is 3.82. The molecule has 1 atom stereocenters. The van der Waals surface area contributed by atoms with Gasteiger partial charge in [0.05, 0.1) is 6.54 Å². The minimum Gasteiger partial charge on any atom is -0.348 e. The number of rotatable bonds is 4. The summed E-state index contributed by atoms with van der Waals surface area (Å²) in [5.74, 6) is 0.140. The first-order valence-corrected chi connectivity index (χ1v) is 5.34. The molecule has 1 aliphatic heterocycles. The third-order valence-corrected chi connectivity index (χ3v) is 2.58. The van der Waals surface area contributed by atoms with Gasteiger partial charge in [-0.15, -0.1) is 0 Å². The van der Waals surface area contributed by atoms with Crippen LogP contribution in [-0.4, -0.2) is 50.6 Å². The summed E-state index contributed by atoms with van der Waals surface area (Å²) in [6, 6.07) is 0.554. The fourth-order valence-corrected chi connectivity index (χ4v) is 1.61. The Labute approximate surface area is 86.0 Å². The molecular formula is C10H21N3O. The molecule has 1 fully saturated rings. The van der Waals surface area contributed by atoms with Gasteiger partial charge in [-0.05, 0) is 19.4 Å². The maximum Gasteiger partial charge on any atom is 0.236 e. The van der Waals surface area contributed by atoms with E-state index in [4.69, 9.17) is 0 Å². The molecule has 0 aromatic heterocycles. The first-order valence-electron chi connectivity index (χ1n) is 5.34. The van der Waals surface area contributed by atoms with E-state index in [0.29, 0.717) is 12.6 Å². The number of hydrogen-bond donors (Lipinski definition) is 2. The van der Waals surface area contributed by atoms with Crippen LogP contribution in [0.2, 0.25) is 0 Å². The van der Waals surface area contributed by atoms with Crippen LogP contribution in [0.5, 0.6) is 0 Å². The zero-order chi connectivity index (χ0) is 10.4. The molecule has 14 heavy (non-hydrogen) atoms. The van der Waals surface area contributed by atoms with Crippen molar-refractivity contribution < 1.29 is 4.79 Å². The van der Waals surface area contributed by atoms with Crippen LogP contribution in [0.15, 0.2) is 0 Å². The van der Waals surface area contributed by atoms with E-state index in [9.17, 15) is 4.79 Å². The second-order valence-electron chi connectivity index (χ2n) is 4.07. The van der Waals surface area contributed by atoms with E-state index in [1.165, 1.54) is 19.3 Å². The van der Waals surface area contributed by atoms with Crippen molar-refractivity contribution in [3.8, 4) is 0 Å². The molecule has 1 aliphatic rings. The molecular weight excluding hydrogens is 178 g/mol. The minimum atomic E-state index is 0.140. The average molecular weight is 199 g/mol. The average Bonchev–Trinajstić information content (AvgIpc) is 2.19. The van der Waals surface area contributed by atoms with Gasteiger partial charge >= 0.3 is 0 Å². The molecule has 0 saturated carbocycles. The third-order valence-electron chi connectivity index (χ3n) is 2.58. The number of hydrogen-bond acceptors (Lipinski definition) is 3. The number of nitrogens with zero attached hydrogens (tertiary/aromatic N) is 1. The van der Waals surface area contributed by atoms with Gasteiger partial charge in [-0.2, -0.15) is 0 Å². The molecule has 82 valence electrons. The number of amides is 1. The summed E-state index contributed by atoms with van der Waals surface area (Å²) in [5.41, 5.74) is 0. The van der Waals surface area contributed by atoms with E-state index in [0.717, 1.165) is 13.1 Å². The van der Waals surface area contributed by atoms with Gasteiger partial charge in [0.25, 0.3) is 0 Å². The maximum atomic E-state index is 11.2. The summed E-state index contributed by atoms with van der Waals surface area (Å²) in [6.45, 7) is 2.47. The lowest BCUT2D eigenvalue weighted by molar-refractivity contribution is -0.127. The van der Waals surface area contributed by atoms with Crippen LogP contribution < -0.4 is 10.6 Å². The van der Waals surface area contributed by atoms with Crippen molar-refractivity contribution >= 4 is 5.91 Å². The van der Waals surface area contributed by atoms with Crippen molar-refractivity contribution in [3.63, 3.8) is 0 Å². The van der Waals surface area contributed by atoms with E-state index in [2.05, 4.69) is 10.6 Å². The summed E-state index contributed by atoms with van der Waals surface area (Å²) in [5, 5.41) is 6.62. The second-order valence-corrected chi connectivity index (χ2v) is 4.07. The third kappa shape index (κ3) is 4.07. The summed E-state index contributed by atoms with van der Waals surface area (Å²) in [4.78, 5) is 12.8. The minimum absolute atomic E-state index is 0.140. The molecule has 0 aliphatic carbocycles. The Morgan fingerprint density at radius 3 is 2.86 bits per heavy atom. The highest BCUT2D eigenvalue weighted by Crippen LogP contribution is 2.05.